The van der Waals surface area contributed by atoms with Crippen molar-refractivity contribution >= 4 is 15.9 Å². The lowest BCUT2D eigenvalue weighted by Gasteiger charge is -2.18. The third-order valence-electron chi connectivity index (χ3n) is 3.92. The third-order valence-corrected chi connectivity index (χ3v) is 4.42. The molecule has 98 valence electrons. The molecule has 1 aliphatic heterocycles. The maximum Gasteiger partial charge on any atom is 0.0234 e. The molecule has 0 radical (unpaired) electrons. The molecule has 0 unspecified atom stereocenters. The Morgan fingerprint density at radius 2 is 1.89 bits per heavy atom. The van der Waals surface area contributed by atoms with Crippen LogP contribution in [0, 0.1) is 0 Å². The van der Waals surface area contributed by atoms with Gasteiger partial charge in [0.05, 0.1) is 0 Å². The minimum absolute atomic E-state index is 0.522. The fourth-order valence-corrected chi connectivity index (χ4v) is 3.37. The van der Waals surface area contributed by atoms with Crippen LogP contribution in [0.15, 0.2) is 53.0 Å². The molecule has 2 aromatic carbocycles. The summed E-state index contributed by atoms with van der Waals surface area (Å²) in [6.07, 6.45) is 1.19. The van der Waals surface area contributed by atoms with Crippen LogP contribution in [0.4, 0.5) is 0 Å². The van der Waals surface area contributed by atoms with E-state index in [-0.39, 0.29) is 0 Å². The lowest BCUT2D eigenvalue weighted by molar-refractivity contribution is 0.328. The first kappa shape index (κ1) is 12.9. The van der Waals surface area contributed by atoms with E-state index in [0.29, 0.717) is 5.92 Å². The van der Waals surface area contributed by atoms with Crippen LogP contribution in [-0.2, 0) is 6.54 Å². The molecule has 0 spiro atoms. The van der Waals surface area contributed by atoms with Gasteiger partial charge in [-0.05, 0) is 48.8 Å². The van der Waals surface area contributed by atoms with Crippen LogP contribution < -0.4 is 0 Å². The summed E-state index contributed by atoms with van der Waals surface area (Å²) in [4.78, 5) is 2.41. The zero-order valence-electron chi connectivity index (χ0n) is 11.1. The molecule has 0 bridgehead atoms. The number of benzene rings is 2. The minimum atomic E-state index is 0.522. The first-order chi connectivity index (χ1) is 9.24. The van der Waals surface area contributed by atoms with Gasteiger partial charge in [-0.25, -0.2) is 0 Å². The molecule has 0 saturated carbocycles. The molecule has 1 aliphatic rings. The summed E-state index contributed by atoms with van der Waals surface area (Å²) in [6.45, 7) is 2.18. The van der Waals surface area contributed by atoms with Gasteiger partial charge in [-0.1, -0.05) is 52.3 Å². The molecule has 0 aliphatic carbocycles. The van der Waals surface area contributed by atoms with Crippen LogP contribution in [0.1, 0.15) is 29.0 Å². The molecule has 19 heavy (non-hydrogen) atoms. The Morgan fingerprint density at radius 3 is 2.68 bits per heavy atom. The van der Waals surface area contributed by atoms with E-state index in [9.17, 15) is 0 Å². The topological polar surface area (TPSA) is 3.24 Å². The zero-order chi connectivity index (χ0) is 13.2. The fraction of sp³-hybridized carbons (Fsp3) is 0.294. The summed E-state index contributed by atoms with van der Waals surface area (Å²) < 4.78 is 1.17. The van der Waals surface area contributed by atoms with Crippen molar-refractivity contribution in [1.29, 1.82) is 0 Å². The van der Waals surface area contributed by atoms with Crippen LogP contribution in [0.3, 0.4) is 0 Å². The van der Waals surface area contributed by atoms with E-state index in [0.717, 1.165) is 13.1 Å². The van der Waals surface area contributed by atoms with Gasteiger partial charge in [-0.15, -0.1) is 0 Å². The van der Waals surface area contributed by atoms with Gasteiger partial charge in [0.1, 0.15) is 0 Å². The molecule has 2 heteroatoms. The molecule has 1 nitrogen and oxygen atoms in total. The Bertz CT molecular complexity index is 565. The molecule has 0 saturated heterocycles. The number of hydrogen-bond donors (Lipinski definition) is 0. The Labute approximate surface area is 123 Å². The van der Waals surface area contributed by atoms with Crippen molar-refractivity contribution < 1.29 is 0 Å². The summed E-state index contributed by atoms with van der Waals surface area (Å²) in [5.74, 6) is 0.522. The van der Waals surface area contributed by atoms with Crippen LogP contribution in [0.5, 0.6) is 0 Å². The number of fused-ring (bicyclic) bond motifs is 1. The molecule has 1 heterocycles. The van der Waals surface area contributed by atoms with Crippen molar-refractivity contribution in [3.8, 4) is 0 Å². The second kappa shape index (κ2) is 5.48. The van der Waals surface area contributed by atoms with E-state index in [4.69, 9.17) is 0 Å². The molecule has 1 atom stereocenters. The molecular weight excluding hydrogens is 298 g/mol. The van der Waals surface area contributed by atoms with E-state index in [1.807, 2.05) is 0 Å². The molecule has 3 rings (SSSR count). The van der Waals surface area contributed by atoms with Crippen LogP contribution in [0.2, 0.25) is 0 Å². The number of rotatable bonds is 1. The normalized spacial score (nSPS) is 19.8. The van der Waals surface area contributed by atoms with Crippen molar-refractivity contribution in [2.75, 3.05) is 13.6 Å². The Morgan fingerprint density at radius 1 is 1.11 bits per heavy atom. The molecule has 0 N–H and O–H groups in total. The average Bonchev–Trinajstić information content (AvgIpc) is 2.57. The van der Waals surface area contributed by atoms with Crippen molar-refractivity contribution in [3.63, 3.8) is 0 Å². The first-order valence-corrected chi connectivity index (χ1v) is 7.55. The Kier molecular flexibility index (Phi) is 3.72. The predicted octanol–water partition coefficient (Wildman–Crippen LogP) is 4.42. The first-order valence-electron chi connectivity index (χ1n) is 6.76. The number of halogens is 1. The van der Waals surface area contributed by atoms with Gasteiger partial charge >= 0.3 is 0 Å². The minimum Gasteiger partial charge on any atom is -0.302 e. The maximum absolute atomic E-state index is 3.59. The Hall–Kier alpha value is -1.12. The second-order valence-electron chi connectivity index (χ2n) is 5.33. The molecule has 0 aromatic heterocycles. The lowest BCUT2D eigenvalue weighted by Crippen LogP contribution is -2.17. The molecular formula is C17H18BrN. The van der Waals surface area contributed by atoms with Crippen molar-refractivity contribution in [2.45, 2.75) is 18.9 Å². The van der Waals surface area contributed by atoms with Crippen molar-refractivity contribution in [1.82, 2.24) is 4.90 Å². The van der Waals surface area contributed by atoms with Gasteiger partial charge in [0, 0.05) is 16.9 Å². The number of hydrogen-bond acceptors (Lipinski definition) is 1. The van der Waals surface area contributed by atoms with Crippen LogP contribution >= 0.6 is 15.9 Å². The summed E-state index contributed by atoms with van der Waals surface area (Å²) >= 11 is 3.59. The standard InChI is InChI=1S/C17H18BrN/c1-19-10-9-17(13-5-3-2-4-6-13)16-8-7-15(18)11-14(16)12-19/h2-8,11,17H,9-10,12H2,1H3/t17-/m0/s1. The van der Waals surface area contributed by atoms with Crippen LogP contribution in [0.25, 0.3) is 0 Å². The zero-order valence-corrected chi connectivity index (χ0v) is 12.7. The lowest BCUT2D eigenvalue weighted by atomic mass is 9.87. The van der Waals surface area contributed by atoms with Crippen molar-refractivity contribution in [2.24, 2.45) is 0 Å². The largest absolute Gasteiger partial charge is 0.302 e. The number of nitrogens with zero attached hydrogens (tertiary/aromatic N) is 1. The highest BCUT2D eigenvalue weighted by atomic mass is 79.9. The fourth-order valence-electron chi connectivity index (χ4n) is 2.96. The van der Waals surface area contributed by atoms with Gasteiger partial charge in [0.2, 0.25) is 0 Å². The summed E-state index contributed by atoms with van der Waals surface area (Å²) in [5.41, 5.74) is 4.36. The van der Waals surface area contributed by atoms with E-state index in [1.165, 1.54) is 27.6 Å². The highest BCUT2D eigenvalue weighted by Crippen LogP contribution is 2.34. The van der Waals surface area contributed by atoms with E-state index in [2.05, 4.69) is 76.4 Å². The summed E-state index contributed by atoms with van der Waals surface area (Å²) in [6, 6.07) is 17.6. The highest BCUT2D eigenvalue weighted by Gasteiger charge is 2.22. The van der Waals surface area contributed by atoms with E-state index >= 15 is 0 Å². The molecule has 0 amide bonds. The van der Waals surface area contributed by atoms with Crippen LogP contribution in [-0.4, -0.2) is 18.5 Å². The summed E-state index contributed by atoms with van der Waals surface area (Å²) in [7, 11) is 2.21. The SMILES string of the molecule is CN1CC[C@@H](c2ccccc2)c2ccc(Br)cc2C1. The molecule has 0 fully saturated rings. The van der Waals surface area contributed by atoms with Gasteiger partial charge in [0.25, 0.3) is 0 Å². The molecule has 2 aromatic rings. The Balaban J connectivity index is 2.07. The van der Waals surface area contributed by atoms with E-state index < -0.39 is 0 Å². The quantitative estimate of drug-likeness (QED) is 0.753. The predicted molar refractivity (Wildman–Crippen MR) is 83.4 cm³/mol. The van der Waals surface area contributed by atoms with Crippen molar-refractivity contribution in [3.05, 3.63) is 69.7 Å². The van der Waals surface area contributed by atoms with Gasteiger partial charge < -0.3 is 4.90 Å². The second-order valence-corrected chi connectivity index (χ2v) is 6.25. The third kappa shape index (κ3) is 2.75. The summed E-state index contributed by atoms with van der Waals surface area (Å²) in [5, 5.41) is 0. The smallest absolute Gasteiger partial charge is 0.0234 e. The highest BCUT2D eigenvalue weighted by molar-refractivity contribution is 9.10. The van der Waals surface area contributed by atoms with Gasteiger partial charge in [-0.3, -0.25) is 0 Å². The van der Waals surface area contributed by atoms with E-state index in [1.54, 1.807) is 0 Å². The van der Waals surface area contributed by atoms with Gasteiger partial charge in [-0.2, -0.15) is 0 Å². The average molecular weight is 316 g/mol. The van der Waals surface area contributed by atoms with Gasteiger partial charge in [0.15, 0.2) is 0 Å². The maximum atomic E-state index is 3.59. The monoisotopic (exact) mass is 315 g/mol.